The second kappa shape index (κ2) is 11.2. The lowest BCUT2D eigenvalue weighted by molar-refractivity contribution is -0.124. The Labute approximate surface area is 206 Å². The second-order valence-electron chi connectivity index (χ2n) is 9.60. The lowest BCUT2D eigenvalue weighted by atomic mass is 10.00. The molecule has 0 saturated heterocycles. The van der Waals surface area contributed by atoms with Crippen molar-refractivity contribution in [2.24, 2.45) is 0 Å². The van der Waals surface area contributed by atoms with Crippen LogP contribution in [-0.4, -0.2) is 35.0 Å². The molecule has 2 aromatic carbocycles. The maximum absolute atomic E-state index is 13.6. The molecular weight excluding hydrogens is 442 g/mol. The number of carbonyl (C=O) groups excluding carboxylic acids is 2. The van der Waals surface area contributed by atoms with Gasteiger partial charge in [-0.25, -0.2) is 4.79 Å². The number of hydrogen-bond acceptors (Lipinski definition) is 5. The van der Waals surface area contributed by atoms with E-state index in [4.69, 9.17) is 4.74 Å². The second-order valence-corrected chi connectivity index (χ2v) is 9.60. The van der Waals surface area contributed by atoms with Gasteiger partial charge in [-0.2, -0.15) is 0 Å². The Bertz CT molecular complexity index is 1230. The fourth-order valence-electron chi connectivity index (χ4n) is 4.20. The molecule has 0 aliphatic carbocycles. The number of rotatable bonds is 9. The van der Waals surface area contributed by atoms with E-state index in [-0.39, 0.29) is 18.1 Å². The SMILES string of the molecule is CCCC(C(=O)NC(C)(C)C)N(Cc1ccccc1)c1c(C(=O)OCC)c(=O)[nH]c2ccccc12. The number of esters is 1. The standard InChI is InChI=1S/C28H35N3O4/c1-6-13-22(25(32)30-28(3,4)5)31(18-19-14-9-8-10-15-19)24-20-16-11-12-17-21(20)29-26(33)23(24)27(34)35-7-2/h8-12,14-17,22H,6-7,13,18H2,1-5H3,(H,29,33)(H,30,32). The predicted octanol–water partition coefficient (Wildman–Crippen LogP) is 4.79. The van der Waals surface area contributed by atoms with Crippen LogP contribution >= 0.6 is 0 Å². The monoisotopic (exact) mass is 477 g/mol. The van der Waals surface area contributed by atoms with Crippen LogP contribution in [-0.2, 0) is 16.1 Å². The van der Waals surface area contributed by atoms with Crippen LogP contribution in [0.2, 0.25) is 0 Å². The van der Waals surface area contributed by atoms with Crippen molar-refractivity contribution in [3.05, 3.63) is 76.1 Å². The summed E-state index contributed by atoms with van der Waals surface area (Å²) in [5.74, 6) is -0.867. The minimum atomic E-state index is -0.709. The van der Waals surface area contributed by atoms with Gasteiger partial charge in [0.15, 0.2) is 0 Å². The molecule has 2 N–H and O–H groups in total. The van der Waals surface area contributed by atoms with Crippen LogP contribution in [0.5, 0.6) is 0 Å². The van der Waals surface area contributed by atoms with Gasteiger partial charge < -0.3 is 19.9 Å². The van der Waals surface area contributed by atoms with Gasteiger partial charge in [0.25, 0.3) is 5.56 Å². The van der Waals surface area contributed by atoms with Crippen molar-refractivity contribution < 1.29 is 14.3 Å². The van der Waals surface area contributed by atoms with Gasteiger partial charge in [0.1, 0.15) is 11.6 Å². The number of nitrogens with one attached hydrogen (secondary N) is 2. The van der Waals surface area contributed by atoms with Crippen LogP contribution in [0.3, 0.4) is 0 Å². The van der Waals surface area contributed by atoms with Gasteiger partial charge in [-0.15, -0.1) is 0 Å². The average Bonchev–Trinajstić information content (AvgIpc) is 2.80. The summed E-state index contributed by atoms with van der Waals surface area (Å²) < 4.78 is 5.29. The number of para-hydroxylation sites is 1. The topological polar surface area (TPSA) is 91.5 Å². The van der Waals surface area contributed by atoms with Crippen LogP contribution in [0.1, 0.15) is 63.4 Å². The third-order valence-corrected chi connectivity index (χ3v) is 5.60. The molecule has 3 aromatic rings. The van der Waals surface area contributed by atoms with Crippen molar-refractivity contribution in [3.8, 4) is 0 Å². The van der Waals surface area contributed by atoms with Crippen molar-refractivity contribution in [1.82, 2.24) is 10.3 Å². The number of H-pyrrole nitrogens is 1. The first kappa shape index (κ1) is 26.0. The molecule has 0 saturated carbocycles. The van der Waals surface area contributed by atoms with Crippen LogP contribution in [0.4, 0.5) is 5.69 Å². The summed E-state index contributed by atoms with van der Waals surface area (Å²) >= 11 is 0. The van der Waals surface area contributed by atoms with Crippen molar-refractivity contribution in [2.45, 2.75) is 65.6 Å². The first-order valence-electron chi connectivity index (χ1n) is 12.1. The molecule has 3 rings (SSSR count). The molecule has 0 aliphatic rings. The number of aromatic nitrogens is 1. The van der Waals surface area contributed by atoms with E-state index in [0.29, 0.717) is 29.6 Å². The number of carbonyl (C=O) groups is 2. The average molecular weight is 478 g/mol. The summed E-state index contributed by atoms with van der Waals surface area (Å²) in [5.41, 5.74) is 0.880. The number of fused-ring (bicyclic) bond motifs is 1. The largest absolute Gasteiger partial charge is 0.462 e. The molecule has 1 unspecified atom stereocenters. The normalized spacial score (nSPS) is 12.3. The van der Waals surface area contributed by atoms with E-state index >= 15 is 0 Å². The fourth-order valence-corrected chi connectivity index (χ4v) is 4.20. The van der Waals surface area contributed by atoms with E-state index in [9.17, 15) is 14.4 Å². The Morgan fingerprint density at radius 1 is 1.03 bits per heavy atom. The smallest absolute Gasteiger partial charge is 0.345 e. The molecular formula is C28H35N3O4. The van der Waals surface area contributed by atoms with Crippen LogP contribution in [0.15, 0.2) is 59.4 Å². The van der Waals surface area contributed by atoms with Crippen LogP contribution in [0.25, 0.3) is 10.9 Å². The third kappa shape index (κ3) is 6.29. The highest BCUT2D eigenvalue weighted by atomic mass is 16.5. The number of hydrogen-bond donors (Lipinski definition) is 2. The summed E-state index contributed by atoms with van der Waals surface area (Å²) in [4.78, 5) is 44.7. The number of pyridine rings is 1. The Morgan fingerprint density at radius 3 is 2.31 bits per heavy atom. The van der Waals surface area contributed by atoms with Gasteiger partial charge in [0.05, 0.1) is 17.8 Å². The number of ether oxygens (including phenoxy) is 1. The lowest BCUT2D eigenvalue weighted by Crippen LogP contribution is -2.52. The zero-order chi connectivity index (χ0) is 25.6. The van der Waals surface area contributed by atoms with E-state index in [0.717, 1.165) is 12.0 Å². The highest BCUT2D eigenvalue weighted by molar-refractivity contribution is 6.06. The molecule has 1 aromatic heterocycles. The van der Waals surface area contributed by atoms with Crippen molar-refractivity contribution in [3.63, 3.8) is 0 Å². The first-order valence-corrected chi connectivity index (χ1v) is 12.1. The molecule has 7 heteroatoms. The Balaban J connectivity index is 2.32. The summed E-state index contributed by atoms with van der Waals surface area (Å²) in [6.07, 6.45) is 1.28. The van der Waals surface area contributed by atoms with E-state index in [1.165, 1.54) is 0 Å². The highest BCUT2D eigenvalue weighted by Crippen LogP contribution is 2.32. The van der Waals surface area contributed by atoms with E-state index in [2.05, 4.69) is 10.3 Å². The van der Waals surface area contributed by atoms with Gasteiger partial charge in [-0.05, 0) is 45.7 Å². The number of benzene rings is 2. The molecule has 0 spiro atoms. The van der Waals surface area contributed by atoms with Crippen molar-refractivity contribution >= 4 is 28.5 Å². The number of aromatic amines is 1. The molecule has 0 fully saturated rings. The molecule has 35 heavy (non-hydrogen) atoms. The molecule has 0 bridgehead atoms. The number of amides is 1. The quantitative estimate of drug-likeness (QED) is 0.432. The molecule has 186 valence electrons. The molecule has 1 amide bonds. The highest BCUT2D eigenvalue weighted by Gasteiger charge is 2.33. The van der Waals surface area contributed by atoms with Crippen LogP contribution in [0, 0.1) is 0 Å². The minimum Gasteiger partial charge on any atom is -0.462 e. The molecule has 7 nitrogen and oxygen atoms in total. The Kier molecular flexibility index (Phi) is 8.33. The first-order chi connectivity index (χ1) is 16.7. The van der Waals surface area contributed by atoms with Gasteiger partial charge in [-0.3, -0.25) is 9.59 Å². The minimum absolute atomic E-state index is 0.0915. The molecule has 0 radical (unpaired) electrons. The van der Waals surface area contributed by atoms with E-state index in [1.54, 1.807) is 13.0 Å². The predicted molar refractivity (Wildman–Crippen MR) is 140 cm³/mol. The van der Waals surface area contributed by atoms with Gasteiger partial charge in [0, 0.05) is 17.5 Å². The van der Waals surface area contributed by atoms with E-state index < -0.39 is 23.1 Å². The maximum Gasteiger partial charge on any atom is 0.345 e. The summed E-state index contributed by atoms with van der Waals surface area (Å²) in [5, 5.41) is 3.77. The van der Waals surface area contributed by atoms with Gasteiger partial charge in [0.2, 0.25) is 5.91 Å². The molecule has 1 atom stereocenters. The lowest BCUT2D eigenvalue weighted by Gasteiger charge is -2.36. The van der Waals surface area contributed by atoms with Crippen LogP contribution < -0.4 is 15.8 Å². The maximum atomic E-state index is 13.6. The number of anilines is 1. The van der Waals surface area contributed by atoms with Crippen molar-refractivity contribution in [1.29, 1.82) is 0 Å². The number of nitrogens with zero attached hydrogens (tertiary/aromatic N) is 1. The summed E-state index contributed by atoms with van der Waals surface area (Å²) in [6, 6.07) is 16.4. The zero-order valence-corrected chi connectivity index (χ0v) is 21.2. The Hall–Kier alpha value is -3.61. The third-order valence-electron chi connectivity index (χ3n) is 5.60. The summed E-state index contributed by atoms with van der Waals surface area (Å²) in [6.45, 7) is 9.98. The van der Waals surface area contributed by atoms with Gasteiger partial charge in [-0.1, -0.05) is 61.9 Å². The van der Waals surface area contributed by atoms with E-state index in [1.807, 2.05) is 81.1 Å². The van der Waals surface area contributed by atoms with Gasteiger partial charge >= 0.3 is 5.97 Å². The Morgan fingerprint density at radius 2 is 1.69 bits per heavy atom. The fraction of sp³-hybridized carbons (Fsp3) is 0.393. The summed E-state index contributed by atoms with van der Waals surface area (Å²) in [7, 11) is 0. The molecule has 1 heterocycles. The van der Waals surface area contributed by atoms with Crippen molar-refractivity contribution in [2.75, 3.05) is 11.5 Å². The zero-order valence-electron chi connectivity index (χ0n) is 21.2. The molecule has 0 aliphatic heterocycles.